The van der Waals surface area contributed by atoms with Gasteiger partial charge >= 0.3 is 12.1 Å². The number of amides is 15. The number of ether oxygens (including phenoxy) is 1. The summed E-state index contributed by atoms with van der Waals surface area (Å²) in [5, 5.41) is 92.0. The number of aryl methyl sites for hydroxylation is 1. The minimum absolute atomic E-state index is 0.0486. The number of phenols is 1. The molecule has 25 N–H and O–H groups in total. The number of alkyl carbamates (subject to hydrolysis) is 1. The van der Waals surface area contributed by atoms with Crippen LogP contribution < -0.4 is 90.6 Å². The van der Waals surface area contributed by atoms with Crippen LogP contribution in [0.2, 0.25) is 0 Å². The van der Waals surface area contributed by atoms with Crippen molar-refractivity contribution in [1.29, 1.82) is 5.41 Å². The summed E-state index contributed by atoms with van der Waals surface area (Å²) < 4.78 is 33.3. The van der Waals surface area contributed by atoms with Crippen molar-refractivity contribution >= 4 is 123 Å². The molecule has 126 heavy (non-hydrogen) atoms. The van der Waals surface area contributed by atoms with Crippen LogP contribution >= 0.6 is 11.8 Å². The Morgan fingerprint density at radius 1 is 0.437 bits per heavy atom. The third kappa shape index (κ3) is 39.1. The number of phenolic OH excluding ortho intramolecular Hbond substituents is 1. The molecule has 0 aliphatic carbocycles. The number of primary amides is 2. The number of nitrogens with two attached hydrogens (primary N) is 2. The van der Waals surface area contributed by atoms with Crippen LogP contribution in [0.3, 0.4) is 0 Å². The van der Waals surface area contributed by atoms with Gasteiger partial charge in [-0.15, -0.1) is 0 Å². The summed E-state index contributed by atoms with van der Waals surface area (Å²) in [6.07, 6.45) is -2.75. The molecule has 0 radical (unpaired) electrons. The van der Waals surface area contributed by atoms with Crippen LogP contribution in [0.25, 0.3) is 0 Å². The normalized spacial score (nSPS) is 14.0. The molecule has 0 aliphatic heterocycles. The van der Waals surface area contributed by atoms with Gasteiger partial charge in [0, 0.05) is 25.8 Å². The molecule has 0 aromatic heterocycles. The fourth-order valence-electron chi connectivity index (χ4n) is 12.2. The molecule has 0 saturated carbocycles. The van der Waals surface area contributed by atoms with E-state index in [-0.39, 0.29) is 80.6 Å². The maximum atomic E-state index is 14.7. The second-order valence-electron chi connectivity index (χ2n) is 30.9. The van der Waals surface area contributed by atoms with Crippen LogP contribution in [0.1, 0.15) is 122 Å². The maximum Gasteiger partial charge on any atom is 0.408 e. The summed E-state index contributed by atoms with van der Waals surface area (Å²) in [6, 6.07) is 7.95. The Labute approximate surface area is 733 Å². The van der Waals surface area contributed by atoms with E-state index >= 15 is 0 Å². The Bertz CT molecular complexity index is 4460. The lowest BCUT2D eigenvalue weighted by Crippen LogP contribution is -2.61. The number of guanidine groups is 1. The Morgan fingerprint density at radius 2 is 0.825 bits per heavy atom. The number of carboxylic acids is 1. The van der Waals surface area contributed by atoms with Crippen molar-refractivity contribution in [3.05, 3.63) is 131 Å². The zero-order chi connectivity index (χ0) is 93.9. The molecule has 42 nitrogen and oxygen atoms in total. The number of carboxylic acid groups (broad SMARTS) is 1. The molecule has 4 aromatic carbocycles. The van der Waals surface area contributed by atoms with Gasteiger partial charge in [0.25, 0.3) is 10.0 Å². The average molecular weight is 1800 g/mol. The molecule has 0 heterocycles. The number of aliphatic hydroxyl groups is 3. The Morgan fingerprint density at radius 3 is 1.29 bits per heavy atom. The number of benzene rings is 4. The molecule has 0 saturated heterocycles. The highest BCUT2D eigenvalue weighted by Crippen LogP contribution is 2.17. The summed E-state index contributed by atoms with van der Waals surface area (Å²) in [6.45, 7) is 7.34. The van der Waals surface area contributed by atoms with E-state index in [1.54, 1.807) is 115 Å². The molecular weight excluding hydrogens is 1690 g/mol. The molecule has 4 aromatic rings. The van der Waals surface area contributed by atoms with Gasteiger partial charge in [0.1, 0.15) is 84.9 Å². The number of carbonyl (C=O) groups excluding carboxylic acids is 15. The smallest absolute Gasteiger partial charge is 0.408 e. The van der Waals surface area contributed by atoms with Crippen molar-refractivity contribution in [1.82, 2.24) is 79.2 Å². The second kappa shape index (κ2) is 54.3. The molecular formula is C82H118N18O24S2. The van der Waals surface area contributed by atoms with Gasteiger partial charge in [0.15, 0.2) is 0 Å². The van der Waals surface area contributed by atoms with E-state index in [9.17, 15) is 111 Å². The van der Waals surface area contributed by atoms with E-state index in [1.165, 1.54) is 60.3 Å². The predicted octanol–water partition coefficient (Wildman–Crippen LogP) is -3.39. The summed E-state index contributed by atoms with van der Waals surface area (Å²) in [5.41, 5.74) is 13.3. The Kier molecular flexibility index (Phi) is 45.6. The number of carbonyl (C=O) groups is 16. The number of rotatable bonds is 55. The molecule has 4 rings (SSSR count). The third-order valence-corrected chi connectivity index (χ3v) is 20.8. The van der Waals surface area contributed by atoms with Gasteiger partial charge in [-0.1, -0.05) is 132 Å². The van der Waals surface area contributed by atoms with Gasteiger partial charge in [-0.3, -0.25) is 72.5 Å². The van der Waals surface area contributed by atoms with E-state index in [0.29, 0.717) is 22.4 Å². The van der Waals surface area contributed by atoms with Crippen molar-refractivity contribution < 1.29 is 115 Å². The van der Waals surface area contributed by atoms with E-state index in [0.717, 1.165) is 5.56 Å². The van der Waals surface area contributed by atoms with Crippen molar-refractivity contribution in [2.45, 2.75) is 203 Å². The van der Waals surface area contributed by atoms with E-state index in [4.69, 9.17) is 21.6 Å². The molecule has 692 valence electrons. The number of aromatic hydroxyl groups is 1. The average Bonchev–Trinajstić information content (AvgIpc) is 0.914. The quantitative estimate of drug-likeness (QED) is 0.0116. The number of aliphatic carboxylic acids is 1. The SMILES string of the molecule is CSCC[C@H](NC(=O)OCc1ccccc1)C(=O)N[C@@H](CO)C(=O)N[C@@H](Cc1ccc(O)cc1)C(=O)N[C@@H](CC(N)=O)C(=O)N[C@@H](CC(C)C)C(=O)N[C@@H](CC(C)C)C(=O)NCC(=O)N[C@@H](Cc1ccccc1)C(=O)N[C@@H](CC(C)C)C(=O)N[C@@H](CCC(N)=O)C(=O)N[C@@H](CCCNC(=N)NS(=O)(=O)c1ccc(C)cc1)C(=O)N[C@@H](CO)C(=O)N[C@@H](CO)C(=O)O. The number of sulfonamides is 1. The zero-order valence-electron chi connectivity index (χ0n) is 71.2. The van der Waals surface area contributed by atoms with Gasteiger partial charge in [-0.2, -0.15) is 11.8 Å². The van der Waals surface area contributed by atoms with Crippen LogP contribution in [-0.4, -0.2) is 252 Å². The highest BCUT2D eigenvalue weighted by atomic mass is 32.2. The predicted molar refractivity (Wildman–Crippen MR) is 459 cm³/mol. The number of aliphatic hydroxyl groups excluding tert-OH is 3. The van der Waals surface area contributed by atoms with E-state index < -0.39 is 241 Å². The number of thioether (sulfide) groups is 1. The summed E-state index contributed by atoms with van der Waals surface area (Å²) >= 11 is 1.34. The highest BCUT2D eigenvalue weighted by Gasteiger charge is 2.38. The second-order valence-corrected chi connectivity index (χ2v) is 33.5. The van der Waals surface area contributed by atoms with Crippen molar-refractivity contribution in [3.63, 3.8) is 0 Å². The van der Waals surface area contributed by atoms with Crippen molar-refractivity contribution in [3.8, 4) is 5.75 Å². The third-order valence-electron chi connectivity index (χ3n) is 18.8. The monoisotopic (exact) mass is 1800 g/mol. The number of hydrogen-bond acceptors (Lipinski definition) is 25. The molecule has 44 heteroatoms. The minimum atomic E-state index is -4.26. The standard InChI is InChI=1S/C82H118N18O24S2/c1-45(2)34-57(91-74(113)59(36-47(5)6)93-77(116)62(39-67(84)106)95-76(115)61(38-50-23-25-52(104)26-24-50)94-78(117)63(41-101)97-72(111)56(31-33-125-8)99-82(121)124-44-51-18-13-10-14-19-51)69(108)87-40-68(107)88-60(37-49-16-11-9-12-17-49)75(114)92-58(35-46(3)4)73(112)90-55(29-30-66(83)105)71(110)89-54(70(109)96-64(42-102)79(118)98-65(43-103)80(119)120)20-15-32-86-81(85)100-126(122,123)53-27-21-48(7)22-28-53/h9-14,16-19,21-28,45-47,54-65,101-104H,15,20,29-44H2,1-8H3,(H2,83,105)(H2,84,106)(H,87,108)(H,88,107)(H,89,110)(H,90,112)(H,91,113)(H,92,114)(H,93,116)(H,94,117)(H,95,115)(H,96,109)(H,97,111)(H,98,118)(H,99,121)(H,119,120)(H3,85,86,100)/t54-,55-,56-,57-,58-,59-,60-,61-,62-,63-,64-,65-/m0/s1. The van der Waals surface area contributed by atoms with Gasteiger partial charge < -0.3 is 116 Å². The topological polar surface area (TPSA) is 674 Å². The van der Waals surface area contributed by atoms with Gasteiger partial charge in [0.05, 0.1) is 37.7 Å². The Balaban J connectivity index is 1.56. The fraction of sp³-hybridized carbons (Fsp3) is 0.500. The summed E-state index contributed by atoms with van der Waals surface area (Å²) in [7, 11) is -4.26. The molecule has 12 atom stereocenters. The van der Waals surface area contributed by atoms with Crippen LogP contribution in [0.15, 0.2) is 114 Å². The van der Waals surface area contributed by atoms with Crippen molar-refractivity contribution in [2.75, 3.05) is 44.9 Å². The molecule has 0 aliphatic rings. The van der Waals surface area contributed by atoms with Crippen LogP contribution in [0, 0.1) is 30.1 Å². The molecule has 0 unspecified atom stereocenters. The number of nitrogens with one attached hydrogen (secondary N) is 16. The van der Waals surface area contributed by atoms with Crippen molar-refractivity contribution in [2.24, 2.45) is 29.2 Å². The van der Waals surface area contributed by atoms with E-state index in [1.807, 2.05) is 5.32 Å². The lowest BCUT2D eigenvalue weighted by atomic mass is 9.99. The van der Waals surface area contributed by atoms with Crippen LogP contribution in [0.5, 0.6) is 5.75 Å². The first kappa shape index (κ1) is 106. The zero-order valence-corrected chi connectivity index (χ0v) is 72.9. The van der Waals surface area contributed by atoms with Gasteiger partial charge in [-0.05, 0) is 123 Å². The van der Waals surface area contributed by atoms with E-state index in [2.05, 4.69) is 73.8 Å². The maximum absolute atomic E-state index is 14.7. The summed E-state index contributed by atoms with van der Waals surface area (Å²) in [4.78, 5) is 220. The fourth-order valence-corrected chi connectivity index (χ4v) is 13.6. The first-order valence-corrected chi connectivity index (χ1v) is 43.4. The van der Waals surface area contributed by atoms with Gasteiger partial charge in [0.2, 0.25) is 88.7 Å². The highest BCUT2D eigenvalue weighted by molar-refractivity contribution is 7.98. The van der Waals surface area contributed by atoms with Gasteiger partial charge in [-0.25, -0.2) is 22.7 Å². The van der Waals surface area contributed by atoms with Crippen LogP contribution in [-0.2, 0) is 106 Å². The van der Waals surface area contributed by atoms with Crippen LogP contribution in [0.4, 0.5) is 4.79 Å². The molecule has 15 amide bonds. The first-order valence-electron chi connectivity index (χ1n) is 40.5. The molecule has 0 bridgehead atoms. The number of hydrogen-bond donors (Lipinski definition) is 23. The minimum Gasteiger partial charge on any atom is -0.508 e. The lowest BCUT2D eigenvalue weighted by Gasteiger charge is -2.28. The first-order chi connectivity index (χ1) is 59.5. The summed E-state index contributed by atoms with van der Waals surface area (Å²) in [5.74, 6) is -18.3. The largest absolute Gasteiger partial charge is 0.508 e. The lowest BCUT2D eigenvalue weighted by molar-refractivity contribution is -0.143. The Hall–Kier alpha value is -12.5. The molecule has 0 spiro atoms. The molecule has 0 fully saturated rings.